The Hall–Kier alpha value is -1.06. The Morgan fingerprint density at radius 2 is 2.00 bits per heavy atom. The molecule has 4 heteroatoms. The summed E-state index contributed by atoms with van der Waals surface area (Å²) in [5, 5.41) is 0. The van der Waals surface area contributed by atoms with Crippen LogP contribution in [0.2, 0.25) is 0 Å². The molecule has 2 aromatic rings. The topological polar surface area (TPSA) is 21.1 Å². The average Bonchev–Trinajstić information content (AvgIpc) is 2.84. The second kappa shape index (κ2) is 7.28. The number of rotatable bonds is 7. The molecule has 1 unspecified atom stereocenters. The summed E-state index contributed by atoms with van der Waals surface area (Å²) in [7, 11) is 0. The number of nitrogens with zero attached hydrogens (tertiary/aromatic N) is 3. The number of hydrogen-bond acceptors (Lipinski definition) is 2. The van der Waals surface area contributed by atoms with Crippen molar-refractivity contribution in [3.63, 3.8) is 0 Å². The molecule has 1 aromatic carbocycles. The lowest BCUT2D eigenvalue weighted by Crippen LogP contribution is -2.30. The van der Waals surface area contributed by atoms with Crippen LogP contribution in [-0.2, 0) is 6.42 Å². The van der Waals surface area contributed by atoms with Gasteiger partial charge in [-0.05, 0) is 38.6 Å². The second-order valence-corrected chi connectivity index (χ2v) is 5.99. The third kappa shape index (κ3) is 3.41. The number of halogens is 1. The highest BCUT2D eigenvalue weighted by Gasteiger charge is 2.18. The van der Waals surface area contributed by atoms with Crippen molar-refractivity contribution < 1.29 is 0 Å². The third-order valence-electron chi connectivity index (χ3n) is 4.17. The van der Waals surface area contributed by atoms with Crippen LogP contribution in [0.4, 0.5) is 0 Å². The van der Waals surface area contributed by atoms with Gasteiger partial charge < -0.3 is 9.47 Å². The predicted octanol–water partition coefficient (Wildman–Crippen LogP) is 4.03. The fourth-order valence-corrected chi connectivity index (χ4v) is 3.16. The summed E-state index contributed by atoms with van der Waals surface area (Å²) >= 11 is 5.98. The van der Waals surface area contributed by atoms with Crippen molar-refractivity contribution in [2.75, 3.05) is 25.5 Å². The van der Waals surface area contributed by atoms with Gasteiger partial charge in [0.05, 0.1) is 11.0 Å². The minimum Gasteiger partial charge on any atom is -0.324 e. The van der Waals surface area contributed by atoms with E-state index in [0.29, 0.717) is 11.9 Å². The molecule has 0 saturated carbocycles. The van der Waals surface area contributed by atoms with E-state index in [9.17, 15) is 0 Å². The maximum Gasteiger partial charge on any atom is 0.111 e. The Morgan fingerprint density at radius 3 is 2.62 bits per heavy atom. The van der Waals surface area contributed by atoms with E-state index in [1.165, 1.54) is 11.1 Å². The number of fused-ring (bicyclic) bond motifs is 1. The van der Waals surface area contributed by atoms with Crippen molar-refractivity contribution in [2.24, 2.45) is 0 Å². The molecule has 0 saturated heterocycles. The van der Waals surface area contributed by atoms with Gasteiger partial charge in [0.2, 0.25) is 0 Å². The summed E-state index contributed by atoms with van der Waals surface area (Å²) in [6, 6.07) is 6.81. The number of imidazole rings is 1. The van der Waals surface area contributed by atoms with Gasteiger partial charge in [0.15, 0.2) is 0 Å². The van der Waals surface area contributed by atoms with Crippen LogP contribution in [-0.4, -0.2) is 40.0 Å². The average molecular weight is 308 g/mol. The quantitative estimate of drug-likeness (QED) is 0.720. The molecule has 1 aromatic heterocycles. The van der Waals surface area contributed by atoms with Gasteiger partial charge >= 0.3 is 0 Å². The van der Waals surface area contributed by atoms with Crippen LogP contribution < -0.4 is 0 Å². The van der Waals surface area contributed by atoms with Crippen molar-refractivity contribution in [3.05, 3.63) is 29.6 Å². The fourth-order valence-electron chi connectivity index (χ4n) is 3.00. The molecule has 1 atom stereocenters. The molecule has 0 fully saturated rings. The first-order valence-electron chi connectivity index (χ1n) is 7.87. The van der Waals surface area contributed by atoms with E-state index in [1.807, 2.05) is 0 Å². The highest BCUT2D eigenvalue weighted by atomic mass is 35.5. The molecular weight excluding hydrogens is 282 g/mol. The molecule has 0 amide bonds. The van der Waals surface area contributed by atoms with Crippen molar-refractivity contribution in [2.45, 2.75) is 40.2 Å². The SMILES string of the molecule is CCN(CC)CC(C)n1c(CCCl)nc2c(C)cccc21. The molecule has 0 aliphatic rings. The molecule has 3 nitrogen and oxygen atoms in total. The zero-order valence-electron chi connectivity index (χ0n) is 13.6. The van der Waals surface area contributed by atoms with Gasteiger partial charge in [-0.3, -0.25) is 0 Å². The van der Waals surface area contributed by atoms with E-state index in [1.54, 1.807) is 0 Å². The lowest BCUT2D eigenvalue weighted by Gasteiger charge is -2.25. The van der Waals surface area contributed by atoms with Crippen LogP contribution in [0.15, 0.2) is 18.2 Å². The number of likely N-dealkylation sites (N-methyl/N-ethyl adjacent to an activating group) is 1. The molecular formula is C17H26ClN3. The maximum atomic E-state index is 5.98. The van der Waals surface area contributed by atoms with E-state index >= 15 is 0 Å². The summed E-state index contributed by atoms with van der Waals surface area (Å²) in [6.07, 6.45) is 0.818. The first kappa shape index (κ1) is 16.3. The Balaban J connectivity index is 2.44. The van der Waals surface area contributed by atoms with Crippen molar-refractivity contribution in [1.29, 1.82) is 0 Å². The highest BCUT2D eigenvalue weighted by molar-refractivity contribution is 6.17. The predicted molar refractivity (Wildman–Crippen MR) is 91.4 cm³/mol. The fraction of sp³-hybridized carbons (Fsp3) is 0.588. The maximum absolute atomic E-state index is 5.98. The van der Waals surface area contributed by atoms with Crippen LogP contribution in [0.3, 0.4) is 0 Å². The molecule has 0 bridgehead atoms. The van der Waals surface area contributed by atoms with E-state index in [-0.39, 0.29) is 0 Å². The molecule has 2 rings (SSSR count). The minimum absolute atomic E-state index is 0.398. The van der Waals surface area contributed by atoms with E-state index < -0.39 is 0 Å². The molecule has 0 spiro atoms. The van der Waals surface area contributed by atoms with E-state index in [2.05, 4.69) is 55.4 Å². The Morgan fingerprint density at radius 1 is 1.29 bits per heavy atom. The minimum atomic E-state index is 0.398. The lowest BCUT2D eigenvalue weighted by molar-refractivity contribution is 0.261. The third-order valence-corrected chi connectivity index (χ3v) is 4.36. The number of para-hydroxylation sites is 1. The normalized spacial score (nSPS) is 13.2. The van der Waals surface area contributed by atoms with Gasteiger partial charge in [0, 0.05) is 24.9 Å². The van der Waals surface area contributed by atoms with Gasteiger partial charge in [-0.25, -0.2) is 4.98 Å². The highest BCUT2D eigenvalue weighted by Crippen LogP contribution is 2.24. The second-order valence-electron chi connectivity index (χ2n) is 5.61. The molecule has 21 heavy (non-hydrogen) atoms. The number of alkyl halides is 1. The standard InChI is InChI=1S/C17H26ClN3/c1-5-20(6-2)12-14(4)21-15-9-7-8-13(3)17(15)19-16(21)10-11-18/h7-9,14H,5-6,10-12H2,1-4H3. The van der Waals surface area contributed by atoms with Crippen LogP contribution in [0.1, 0.15) is 38.2 Å². The Kier molecular flexibility index (Phi) is 5.65. The largest absolute Gasteiger partial charge is 0.324 e. The van der Waals surface area contributed by atoms with E-state index in [4.69, 9.17) is 16.6 Å². The molecule has 0 aliphatic heterocycles. The van der Waals surface area contributed by atoms with Gasteiger partial charge in [0.1, 0.15) is 5.82 Å². The van der Waals surface area contributed by atoms with Crippen molar-refractivity contribution in [1.82, 2.24) is 14.5 Å². The molecule has 0 N–H and O–H groups in total. The first-order chi connectivity index (χ1) is 10.1. The van der Waals surface area contributed by atoms with Gasteiger partial charge in [0.25, 0.3) is 0 Å². The van der Waals surface area contributed by atoms with Gasteiger partial charge in [-0.15, -0.1) is 11.6 Å². The summed E-state index contributed by atoms with van der Waals surface area (Å²) in [5.74, 6) is 1.72. The molecule has 116 valence electrons. The van der Waals surface area contributed by atoms with Crippen molar-refractivity contribution >= 4 is 22.6 Å². The van der Waals surface area contributed by atoms with Crippen LogP contribution in [0.5, 0.6) is 0 Å². The zero-order valence-corrected chi connectivity index (χ0v) is 14.3. The zero-order chi connectivity index (χ0) is 15.4. The van der Waals surface area contributed by atoms with Gasteiger partial charge in [-0.2, -0.15) is 0 Å². The van der Waals surface area contributed by atoms with Crippen molar-refractivity contribution in [3.8, 4) is 0 Å². The summed E-state index contributed by atoms with van der Waals surface area (Å²) < 4.78 is 2.38. The number of aryl methyl sites for hydroxylation is 2. The molecule has 1 heterocycles. The number of benzene rings is 1. The van der Waals surface area contributed by atoms with Crippen LogP contribution in [0.25, 0.3) is 11.0 Å². The van der Waals surface area contributed by atoms with Gasteiger partial charge in [-0.1, -0.05) is 26.0 Å². The summed E-state index contributed by atoms with van der Waals surface area (Å²) in [5.41, 5.74) is 3.58. The summed E-state index contributed by atoms with van der Waals surface area (Å²) in [4.78, 5) is 7.30. The van der Waals surface area contributed by atoms with Crippen LogP contribution >= 0.6 is 11.6 Å². The lowest BCUT2D eigenvalue weighted by atomic mass is 10.2. The van der Waals surface area contributed by atoms with E-state index in [0.717, 1.165) is 37.4 Å². The smallest absolute Gasteiger partial charge is 0.111 e. The molecule has 0 radical (unpaired) electrons. The summed E-state index contributed by atoms with van der Waals surface area (Å²) in [6.45, 7) is 12.0. The monoisotopic (exact) mass is 307 g/mol. The first-order valence-corrected chi connectivity index (χ1v) is 8.40. The Labute approximate surface area is 132 Å². The van der Waals surface area contributed by atoms with Crippen LogP contribution in [0, 0.1) is 6.92 Å². The molecule has 0 aliphatic carbocycles. The number of aromatic nitrogens is 2. The number of hydrogen-bond donors (Lipinski definition) is 0. The Bertz CT molecular complexity index is 587.